The molecule has 1 fully saturated rings. The van der Waals surface area contributed by atoms with E-state index in [1.165, 1.54) is 0 Å². The fraction of sp³-hybridized carbons (Fsp3) is 0.316. The maximum absolute atomic E-state index is 12.2. The van der Waals surface area contributed by atoms with Gasteiger partial charge in [0.05, 0.1) is 13.1 Å². The fourth-order valence-corrected chi connectivity index (χ4v) is 2.99. The summed E-state index contributed by atoms with van der Waals surface area (Å²) in [6.45, 7) is 4.32. The molecule has 3 aromatic rings. The van der Waals surface area contributed by atoms with E-state index in [-0.39, 0.29) is 17.9 Å². The first kappa shape index (κ1) is 17.9. The van der Waals surface area contributed by atoms with Gasteiger partial charge in [-0.2, -0.15) is 0 Å². The Morgan fingerprint density at radius 1 is 1.29 bits per heavy atom. The monoisotopic (exact) mass is 380 g/mol. The number of fused-ring (bicyclic) bond motifs is 1. The summed E-state index contributed by atoms with van der Waals surface area (Å²) in [7, 11) is 0. The molecule has 2 amide bonds. The van der Waals surface area contributed by atoms with Crippen LogP contribution in [0.4, 0.5) is 10.5 Å². The van der Waals surface area contributed by atoms with Crippen LogP contribution >= 0.6 is 0 Å². The Morgan fingerprint density at radius 3 is 2.82 bits per heavy atom. The van der Waals surface area contributed by atoms with E-state index in [4.69, 9.17) is 4.74 Å². The molecule has 28 heavy (non-hydrogen) atoms. The number of amides is 2. The predicted octanol–water partition coefficient (Wildman–Crippen LogP) is 1.89. The lowest BCUT2D eigenvalue weighted by Crippen LogP contribution is -2.36. The number of nitrogens with zero attached hydrogens (tertiary/aromatic N) is 5. The van der Waals surface area contributed by atoms with E-state index >= 15 is 0 Å². The van der Waals surface area contributed by atoms with Crippen molar-refractivity contribution in [3.8, 4) is 11.4 Å². The fourth-order valence-electron chi connectivity index (χ4n) is 2.99. The first-order valence-corrected chi connectivity index (χ1v) is 9.05. The number of ether oxygens (including phenoxy) is 1. The van der Waals surface area contributed by atoms with Gasteiger partial charge in [-0.15, -0.1) is 10.2 Å². The van der Waals surface area contributed by atoms with E-state index in [1.807, 2.05) is 50.4 Å². The lowest BCUT2D eigenvalue weighted by atomic mass is 10.2. The Kier molecular flexibility index (Phi) is 4.64. The van der Waals surface area contributed by atoms with Crippen LogP contribution in [-0.4, -0.2) is 50.8 Å². The summed E-state index contributed by atoms with van der Waals surface area (Å²) in [4.78, 5) is 29.6. The van der Waals surface area contributed by atoms with Crippen LogP contribution in [0.5, 0.6) is 0 Å². The summed E-state index contributed by atoms with van der Waals surface area (Å²) in [5.74, 6) is 1.03. The average Bonchev–Trinajstić information content (AvgIpc) is 3.29. The van der Waals surface area contributed by atoms with Crippen LogP contribution in [0.25, 0.3) is 17.2 Å². The smallest absolute Gasteiger partial charge is 0.414 e. The van der Waals surface area contributed by atoms with Crippen molar-refractivity contribution in [2.45, 2.75) is 20.0 Å². The number of nitrogens with one attached hydrogen (secondary N) is 1. The van der Waals surface area contributed by atoms with E-state index in [0.717, 1.165) is 11.3 Å². The van der Waals surface area contributed by atoms with Crippen LogP contribution in [0.3, 0.4) is 0 Å². The minimum Gasteiger partial charge on any atom is -0.442 e. The molecule has 9 heteroatoms. The Morgan fingerprint density at radius 2 is 2.07 bits per heavy atom. The highest BCUT2D eigenvalue weighted by atomic mass is 16.6. The predicted molar refractivity (Wildman–Crippen MR) is 102 cm³/mol. The molecule has 0 saturated carbocycles. The van der Waals surface area contributed by atoms with E-state index in [0.29, 0.717) is 24.7 Å². The zero-order valence-corrected chi connectivity index (χ0v) is 15.6. The molecule has 2 aromatic heterocycles. The molecule has 0 bridgehead atoms. The summed E-state index contributed by atoms with van der Waals surface area (Å²) in [6.07, 6.45) is 2.71. The van der Waals surface area contributed by atoms with Gasteiger partial charge in [0.1, 0.15) is 6.10 Å². The summed E-state index contributed by atoms with van der Waals surface area (Å²) in [5.41, 5.74) is 1.58. The summed E-state index contributed by atoms with van der Waals surface area (Å²) < 4.78 is 7.15. The van der Waals surface area contributed by atoms with Gasteiger partial charge in [0.2, 0.25) is 5.91 Å². The zero-order chi connectivity index (χ0) is 19.7. The quantitative estimate of drug-likeness (QED) is 0.725. The van der Waals surface area contributed by atoms with Crippen molar-refractivity contribution >= 4 is 23.5 Å². The van der Waals surface area contributed by atoms with Crippen molar-refractivity contribution in [1.82, 2.24) is 24.9 Å². The molecule has 1 aromatic carbocycles. The zero-order valence-electron chi connectivity index (χ0n) is 15.6. The minimum atomic E-state index is -0.423. The molecule has 0 radical (unpaired) electrons. The molecular formula is C19H20N6O3. The van der Waals surface area contributed by atoms with E-state index < -0.39 is 6.09 Å². The first-order valence-electron chi connectivity index (χ1n) is 9.05. The maximum atomic E-state index is 12.2. The summed E-state index contributed by atoms with van der Waals surface area (Å²) in [6, 6.07) is 9.23. The third kappa shape index (κ3) is 3.38. The summed E-state index contributed by atoms with van der Waals surface area (Å²) >= 11 is 0. The van der Waals surface area contributed by atoms with E-state index in [9.17, 15) is 9.59 Å². The number of aromatic nitrogens is 4. The number of rotatable bonds is 5. The second kappa shape index (κ2) is 7.26. The molecule has 1 aliphatic rings. The number of carbonyl (C=O) groups is 2. The van der Waals surface area contributed by atoms with Crippen molar-refractivity contribution in [1.29, 1.82) is 0 Å². The molecule has 1 aliphatic heterocycles. The van der Waals surface area contributed by atoms with Crippen LogP contribution in [-0.2, 0) is 9.53 Å². The highest BCUT2D eigenvalue weighted by Crippen LogP contribution is 2.25. The minimum absolute atomic E-state index is 0.0612. The molecule has 1 saturated heterocycles. The van der Waals surface area contributed by atoms with Gasteiger partial charge >= 0.3 is 6.09 Å². The van der Waals surface area contributed by atoms with Gasteiger partial charge < -0.3 is 10.1 Å². The number of hydrogen-bond donors (Lipinski definition) is 1. The molecule has 0 spiro atoms. The lowest BCUT2D eigenvalue weighted by molar-refractivity contribution is -0.124. The van der Waals surface area contributed by atoms with Crippen molar-refractivity contribution in [2.24, 2.45) is 5.92 Å². The van der Waals surface area contributed by atoms with Crippen molar-refractivity contribution in [3.05, 3.63) is 42.7 Å². The topological polar surface area (TPSA) is 102 Å². The highest BCUT2D eigenvalue weighted by molar-refractivity contribution is 5.90. The van der Waals surface area contributed by atoms with Crippen LogP contribution in [0.2, 0.25) is 0 Å². The molecule has 0 aliphatic carbocycles. The van der Waals surface area contributed by atoms with Crippen molar-refractivity contribution < 1.29 is 14.3 Å². The second-order valence-corrected chi connectivity index (χ2v) is 6.88. The second-order valence-electron chi connectivity index (χ2n) is 6.88. The van der Waals surface area contributed by atoms with E-state index in [1.54, 1.807) is 15.5 Å². The normalized spacial score (nSPS) is 16.6. The molecule has 4 rings (SSSR count). The van der Waals surface area contributed by atoms with Crippen LogP contribution in [0, 0.1) is 5.92 Å². The standard InChI is InChI=1S/C19H20N6O3/c1-12(2)17(26)21-10-15-11-25(19(27)28-15)14-6-4-13(5-7-14)16-22-23-18-20-8-3-9-24(16)18/h3-9,12,15H,10-11H2,1-2H3,(H,21,26)/t15-/m0/s1. The van der Waals surface area contributed by atoms with E-state index in [2.05, 4.69) is 20.5 Å². The highest BCUT2D eigenvalue weighted by Gasteiger charge is 2.32. The van der Waals surface area contributed by atoms with Gasteiger partial charge in [-0.25, -0.2) is 9.78 Å². The number of hydrogen-bond acceptors (Lipinski definition) is 6. The number of cyclic esters (lactones) is 1. The molecule has 1 atom stereocenters. The molecule has 144 valence electrons. The van der Waals surface area contributed by atoms with Crippen LogP contribution in [0.15, 0.2) is 42.7 Å². The molecule has 1 N–H and O–H groups in total. The van der Waals surface area contributed by atoms with Crippen LogP contribution in [0.1, 0.15) is 13.8 Å². The Hall–Kier alpha value is -3.49. The number of benzene rings is 1. The van der Waals surface area contributed by atoms with Gasteiger partial charge in [-0.05, 0) is 30.3 Å². The van der Waals surface area contributed by atoms with Crippen LogP contribution < -0.4 is 10.2 Å². The SMILES string of the molecule is CC(C)C(=O)NC[C@H]1CN(c2ccc(-c3nnc4ncccn34)cc2)C(=O)O1. The Labute approximate surface area is 161 Å². The Balaban J connectivity index is 1.47. The molecular weight excluding hydrogens is 360 g/mol. The maximum Gasteiger partial charge on any atom is 0.414 e. The van der Waals surface area contributed by atoms with Gasteiger partial charge in [-0.1, -0.05) is 13.8 Å². The van der Waals surface area contributed by atoms with Crippen molar-refractivity contribution in [3.63, 3.8) is 0 Å². The molecule has 9 nitrogen and oxygen atoms in total. The Bertz CT molecular complexity index is 1010. The number of carbonyl (C=O) groups excluding carboxylic acids is 2. The molecule has 0 unspecified atom stereocenters. The van der Waals surface area contributed by atoms with Crippen molar-refractivity contribution in [2.75, 3.05) is 18.0 Å². The first-order chi connectivity index (χ1) is 13.5. The lowest BCUT2D eigenvalue weighted by Gasteiger charge is -2.14. The summed E-state index contributed by atoms with van der Waals surface area (Å²) in [5, 5.41) is 11.0. The third-order valence-electron chi connectivity index (χ3n) is 4.53. The molecule has 3 heterocycles. The number of anilines is 1. The largest absolute Gasteiger partial charge is 0.442 e. The average molecular weight is 380 g/mol. The van der Waals surface area contributed by atoms with Gasteiger partial charge in [0.25, 0.3) is 5.78 Å². The third-order valence-corrected chi connectivity index (χ3v) is 4.53. The van der Waals surface area contributed by atoms with Gasteiger partial charge in [0.15, 0.2) is 5.82 Å². The van der Waals surface area contributed by atoms with Gasteiger partial charge in [0, 0.05) is 29.6 Å². The van der Waals surface area contributed by atoms with Gasteiger partial charge in [-0.3, -0.25) is 14.1 Å².